The van der Waals surface area contributed by atoms with Gasteiger partial charge in [-0.25, -0.2) is 4.79 Å². The van der Waals surface area contributed by atoms with E-state index in [-0.39, 0.29) is 17.9 Å². The van der Waals surface area contributed by atoms with Crippen molar-refractivity contribution in [3.63, 3.8) is 0 Å². The predicted octanol–water partition coefficient (Wildman–Crippen LogP) is 2.19. The molecule has 0 saturated heterocycles. The fourth-order valence-corrected chi connectivity index (χ4v) is 2.81. The van der Waals surface area contributed by atoms with E-state index in [1.54, 1.807) is 6.20 Å². The lowest BCUT2D eigenvalue weighted by Crippen LogP contribution is -2.56. The van der Waals surface area contributed by atoms with Gasteiger partial charge in [0.15, 0.2) is 22.8 Å². The van der Waals surface area contributed by atoms with Crippen LogP contribution in [0.25, 0.3) is 17.0 Å². The maximum absolute atomic E-state index is 12.6. The van der Waals surface area contributed by atoms with Crippen LogP contribution in [0.4, 0.5) is 0 Å². The van der Waals surface area contributed by atoms with Crippen LogP contribution >= 0.6 is 0 Å². The molecule has 0 amide bonds. The number of para-hydroxylation sites is 1. The molecule has 0 radical (unpaired) electrons. The molecule has 6 N–H and O–H groups in total. The summed E-state index contributed by atoms with van der Waals surface area (Å²) in [5.74, 6) is -2.86. The Morgan fingerprint density at radius 1 is 1.11 bits per heavy atom. The number of carboxylic acids is 1. The van der Waals surface area contributed by atoms with Crippen LogP contribution in [0.15, 0.2) is 54.7 Å². The Kier molecular flexibility index (Phi) is 4.70. The fourth-order valence-electron chi connectivity index (χ4n) is 2.81. The maximum atomic E-state index is 12.6. The Morgan fingerprint density at radius 3 is 2.56 bits per heavy atom. The first-order valence-corrected chi connectivity index (χ1v) is 8.13. The summed E-state index contributed by atoms with van der Waals surface area (Å²) in [4.78, 5) is 27.4. The van der Waals surface area contributed by atoms with Crippen molar-refractivity contribution in [2.24, 2.45) is 5.73 Å². The number of benzene rings is 2. The highest BCUT2D eigenvalue weighted by Gasteiger charge is 2.41. The molecule has 1 atom stereocenters. The fraction of sp³-hybridized carbons (Fsp3) is 0.100. The summed E-state index contributed by atoms with van der Waals surface area (Å²) in [5.41, 5.74) is 5.70. The third-order valence-electron chi connectivity index (χ3n) is 4.39. The third kappa shape index (κ3) is 3.54. The number of phenols is 2. The number of fused-ring (bicyclic) bond motifs is 1. The van der Waals surface area contributed by atoms with Gasteiger partial charge in [0, 0.05) is 23.5 Å². The molecule has 3 rings (SSSR count). The number of aromatic hydroxyl groups is 2. The van der Waals surface area contributed by atoms with Gasteiger partial charge in [-0.2, -0.15) is 0 Å². The van der Waals surface area contributed by atoms with Gasteiger partial charge in [-0.3, -0.25) is 4.79 Å². The molecule has 0 spiro atoms. The zero-order valence-electron chi connectivity index (χ0n) is 14.2. The summed E-state index contributed by atoms with van der Waals surface area (Å²) < 4.78 is 0. The molecule has 7 nitrogen and oxygen atoms in total. The smallest absolute Gasteiger partial charge is 0.332 e. The van der Waals surface area contributed by atoms with Gasteiger partial charge in [-0.1, -0.05) is 30.3 Å². The van der Waals surface area contributed by atoms with Crippen LogP contribution in [0, 0.1) is 0 Å². The van der Waals surface area contributed by atoms with E-state index in [9.17, 15) is 24.9 Å². The molecule has 1 aromatic heterocycles. The molecule has 0 aliphatic rings. The van der Waals surface area contributed by atoms with Crippen molar-refractivity contribution in [1.82, 2.24) is 4.98 Å². The topological polar surface area (TPSA) is 137 Å². The zero-order valence-corrected chi connectivity index (χ0v) is 14.2. The number of aromatic nitrogens is 1. The molecule has 0 bridgehead atoms. The number of carbonyl (C=O) groups is 2. The second-order valence-corrected chi connectivity index (χ2v) is 6.26. The lowest BCUT2D eigenvalue weighted by molar-refractivity contribution is -0.146. The summed E-state index contributed by atoms with van der Waals surface area (Å²) >= 11 is 0. The molecule has 2 aromatic carbocycles. The third-order valence-corrected chi connectivity index (χ3v) is 4.39. The van der Waals surface area contributed by atoms with Crippen molar-refractivity contribution in [2.75, 3.05) is 0 Å². The minimum absolute atomic E-state index is 0.184. The lowest BCUT2D eigenvalue weighted by Gasteiger charge is -2.21. The van der Waals surface area contributed by atoms with Crippen molar-refractivity contribution in [3.8, 4) is 11.5 Å². The van der Waals surface area contributed by atoms with Crippen LogP contribution in [0.1, 0.15) is 11.1 Å². The minimum atomic E-state index is -2.14. The number of carbonyl (C=O) groups excluding carboxylic acids is 1. The van der Waals surface area contributed by atoms with Gasteiger partial charge in [-0.15, -0.1) is 0 Å². The summed E-state index contributed by atoms with van der Waals surface area (Å²) in [6.07, 6.45) is 3.86. The number of ketones is 1. The summed E-state index contributed by atoms with van der Waals surface area (Å²) in [6.45, 7) is 0. The molecule has 0 saturated carbocycles. The molecule has 3 aromatic rings. The Morgan fingerprint density at radius 2 is 1.85 bits per heavy atom. The Labute approximate surface area is 154 Å². The van der Waals surface area contributed by atoms with Crippen LogP contribution in [0.3, 0.4) is 0 Å². The molecule has 7 heteroatoms. The number of nitrogens with one attached hydrogen (secondary N) is 1. The highest BCUT2D eigenvalue weighted by Crippen LogP contribution is 2.26. The van der Waals surface area contributed by atoms with Gasteiger partial charge >= 0.3 is 5.97 Å². The minimum Gasteiger partial charge on any atom is -0.504 e. The van der Waals surface area contributed by atoms with Gasteiger partial charge in [0.25, 0.3) is 0 Å². The molecular formula is C20H18N2O5. The first-order valence-electron chi connectivity index (χ1n) is 8.13. The van der Waals surface area contributed by atoms with E-state index in [4.69, 9.17) is 5.73 Å². The normalized spacial score (nSPS) is 13.7. The van der Waals surface area contributed by atoms with E-state index in [0.29, 0.717) is 11.1 Å². The van der Waals surface area contributed by atoms with E-state index in [2.05, 4.69) is 4.98 Å². The molecule has 0 aliphatic carbocycles. The second-order valence-electron chi connectivity index (χ2n) is 6.26. The highest BCUT2D eigenvalue weighted by molar-refractivity contribution is 6.14. The number of phenolic OH excluding ortho intramolecular Hbond substituents is 2. The van der Waals surface area contributed by atoms with Crippen molar-refractivity contribution in [2.45, 2.75) is 12.0 Å². The quantitative estimate of drug-likeness (QED) is 0.258. The Balaban J connectivity index is 1.89. The first kappa shape index (κ1) is 18.2. The van der Waals surface area contributed by atoms with Crippen LogP contribution in [0.2, 0.25) is 0 Å². The van der Waals surface area contributed by atoms with Crippen molar-refractivity contribution < 1.29 is 24.9 Å². The number of aliphatic carboxylic acids is 1. The van der Waals surface area contributed by atoms with Crippen molar-refractivity contribution in [1.29, 1.82) is 0 Å². The monoisotopic (exact) mass is 366 g/mol. The molecular weight excluding hydrogens is 348 g/mol. The summed E-state index contributed by atoms with van der Waals surface area (Å²) in [5, 5.41) is 29.2. The molecule has 0 fully saturated rings. The number of hydrogen-bond donors (Lipinski definition) is 5. The number of carboxylic acid groups (broad SMARTS) is 1. The Bertz CT molecular complexity index is 1050. The Hall–Kier alpha value is -3.58. The zero-order chi connectivity index (χ0) is 19.6. The predicted molar refractivity (Wildman–Crippen MR) is 100 cm³/mol. The van der Waals surface area contributed by atoms with E-state index >= 15 is 0 Å². The number of aromatic amines is 1. The van der Waals surface area contributed by atoms with Gasteiger partial charge in [0.1, 0.15) is 0 Å². The van der Waals surface area contributed by atoms with Gasteiger partial charge in [0.2, 0.25) is 0 Å². The first-order chi connectivity index (χ1) is 12.8. The van der Waals surface area contributed by atoms with Crippen molar-refractivity contribution in [3.05, 3.63) is 65.9 Å². The molecule has 138 valence electrons. The highest BCUT2D eigenvalue weighted by atomic mass is 16.4. The summed E-state index contributed by atoms with van der Waals surface area (Å²) in [6, 6.07) is 11.3. The van der Waals surface area contributed by atoms with Crippen LogP contribution < -0.4 is 5.73 Å². The maximum Gasteiger partial charge on any atom is 0.332 e. The SMILES string of the molecule is NC(Cc1c[nH]c2ccccc12)(C(=O)O)C(=O)C=Cc1ccc(O)c(O)c1. The molecule has 1 heterocycles. The van der Waals surface area contributed by atoms with Crippen molar-refractivity contribution >= 4 is 28.7 Å². The second kappa shape index (κ2) is 6.97. The number of nitrogens with two attached hydrogens (primary N) is 1. The number of H-pyrrole nitrogens is 1. The van der Waals surface area contributed by atoms with Crippen LogP contribution in [-0.4, -0.2) is 37.6 Å². The molecule has 0 aliphatic heterocycles. The van der Waals surface area contributed by atoms with E-state index in [1.165, 1.54) is 24.3 Å². The van der Waals surface area contributed by atoms with E-state index < -0.39 is 17.3 Å². The summed E-state index contributed by atoms with van der Waals surface area (Å²) in [7, 11) is 0. The average molecular weight is 366 g/mol. The number of rotatable bonds is 6. The largest absolute Gasteiger partial charge is 0.504 e. The number of hydrogen-bond acceptors (Lipinski definition) is 5. The van der Waals surface area contributed by atoms with E-state index in [1.807, 2.05) is 24.3 Å². The van der Waals surface area contributed by atoms with Gasteiger partial charge < -0.3 is 26.0 Å². The van der Waals surface area contributed by atoms with Crippen LogP contribution in [0.5, 0.6) is 11.5 Å². The standard InChI is InChI=1S/C20H18N2O5/c21-20(19(26)27,10-13-11-22-15-4-2-1-3-14(13)15)18(25)8-6-12-5-7-16(23)17(24)9-12/h1-9,11,22-24H,10,21H2,(H,26,27). The van der Waals surface area contributed by atoms with E-state index in [0.717, 1.165) is 17.0 Å². The average Bonchev–Trinajstić information content (AvgIpc) is 3.05. The van der Waals surface area contributed by atoms with Gasteiger partial charge in [-0.05, 0) is 35.4 Å². The molecule has 27 heavy (non-hydrogen) atoms. The van der Waals surface area contributed by atoms with Crippen LogP contribution in [-0.2, 0) is 16.0 Å². The molecule has 1 unspecified atom stereocenters. The lowest BCUT2D eigenvalue weighted by atomic mass is 9.87. The van der Waals surface area contributed by atoms with Gasteiger partial charge in [0.05, 0.1) is 0 Å².